The van der Waals surface area contributed by atoms with Gasteiger partial charge < -0.3 is 10.1 Å². The number of amides is 1. The first kappa shape index (κ1) is 14.9. The fraction of sp³-hybridized carbons (Fsp3) is 0.588. The molecule has 1 aliphatic rings. The van der Waals surface area contributed by atoms with Crippen LogP contribution in [0.2, 0.25) is 0 Å². The lowest BCUT2D eigenvalue weighted by Crippen LogP contribution is -2.29. The van der Waals surface area contributed by atoms with Gasteiger partial charge in [-0.15, -0.1) is 0 Å². The van der Waals surface area contributed by atoms with E-state index in [4.69, 9.17) is 4.74 Å². The van der Waals surface area contributed by atoms with Crippen molar-refractivity contribution in [3.8, 4) is 5.75 Å². The minimum absolute atomic E-state index is 0.0537. The Bertz CT molecular complexity index is 462. The molecule has 1 aromatic carbocycles. The average Bonchev–Trinajstić information content (AvgIpc) is 2.92. The lowest BCUT2D eigenvalue weighted by molar-refractivity contribution is -0.124. The summed E-state index contributed by atoms with van der Waals surface area (Å²) < 4.78 is 5.96. The van der Waals surface area contributed by atoms with Crippen molar-refractivity contribution in [2.24, 2.45) is 5.41 Å². The maximum Gasteiger partial charge on any atom is 0.230 e. The molecule has 1 saturated carbocycles. The molecule has 0 atom stereocenters. The van der Waals surface area contributed by atoms with Crippen LogP contribution in [-0.4, -0.2) is 12.0 Å². The van der Waals surface area contributed by atoms with Gasteiger partial charge in [0.15, 0.2) is 0 Å². The predicted octanol–water partition coefficient (Wildman–Crippen LogP) is 4.38. The first-order chi connectivity index (χ1) is 9.51. The smallest absolute Gasteiger partial charge is 0.230 e. The number of carbonyl (C=O) groups is 1. The van der Waals surface area contributed by atoms with Crippen molar-refractivity contribution in [2.45, 2.75) is 59.0 Å². The number of anilines is 1. The van der Waals surface area contributed by atoms with Gasteiger partial charge in [-0.1, -0.05) is 26.8 Å². The Kier molecular flexibility index (Phi) is 4.69. The van der Waals surface area contributed by atoms with Crippen LogP contribution in [0, 0.1) is 5.41 Å². The quantitative estimate of drug-likeness (QED) is 0.866. The van der Waals surface area contributed by atoms with Gasteiger partial charge in [-0.05, 0) is 44.2 Å². The number of hydrogen-bond acceptors (Lipinski definition) is 2. The molecule has 0 saturated heterocycles. The molecule has 0 unspecified atom stereocenters. The normalized spacial score (nSPS) is 16.1. The number of benzene rings is 1. The monoisotopic (exact) mass is 275 g/mol. The molecule has 0 bridgehead atoms. The maximum absolute atomic E-state index is 12.2. The van der Waals surface area contributed by atoms with E-state index < -0.39 is 0 Å². The highest BCUT2D eigenvalue weighted by Gasteiger charge is 2.25. The van der Waals surface area contributed by atoms with Crippen molar-refractivity contribution in [1.29, 1.82) is 0 Å². The predicted molar refractivity (Wildman–Crippen MR) is 82.0 cm³/mol. The molecular formula is C17H25NO2. The molecule has 3 nitrogen and oxygen atoms in total. The number of carbonyl (C=O) groups excluding carboxylic acids is 1. The van der Waals surface area contributed by atoms with Crippen LogP contribution >= 0.6 is 0 Å². The second-order valence-electron chi connectivity index (χ2n) is 6.24. The van der Waals surface area contributed by atoms with Crippen LogP contribution in [-0.2, 0) is 4.79 Å². The fourth-order valence-corrected chi connectivity index (χ4v) is 2.31. The first-order valence-electron chi connectivity index (χ1n) is 7.59. The topological polar surface area (TPSA) is 38.3 Å². The van der Waals surface area contributed by atoms with E-state index in [9.17, 15) is 4.79 Å². The largest absolute Gasteiger partial charge is 0.490 e. The number of rotatable bonds is 5. The third-order valence-corrected chi connectivity index (χ3v) is 4.20. The zero-order valence-corrected chi connectivity index (χ0v) is 12.7. The summed E-state index contributed by atoms with van der Waals surface area (Å²) in [4.78, 5) is 12.2. The first-order valence-corrected chi connectivity index (χ1v) is 7.59. The minimum Gasteiger partial charge on any atom is -0.490 e. The zero-order valence-electron chi connectivity index (χ0n) is 12.7. The lowest BCUT2D eigenvalue weighted by Gasteiger charge is -2.22. The summed E-state index contributed by atoms with van der Waals surface area (Å²) in [6, 6.07) is 7.71. The van der Waals surface area contributed by atoms with Crippen molar-refractivity contribution in [3.05, 3.63) is 24.3 Å². The van der Waals surface area contributed by atoms with E-state index in [2.05, 4.69) is 5.32 Å². The van der Waals surface area contributed by atoms with Crippen molar-refractivity contribution in [1.82, 2.24) is 0 Å². The molecule has 1 aromatic rings. The standard InChI is InChI=1S/C17H25NO2/c1-4-17(2,3)16(19)18-13-8-7-11-15(12-13)20-14-9-5-6-10-14/h7-8,11-12,14H,4-6,9-10H2,1-3H3,(H,18,19). The molecule has 0 spiro atoms. The highest BCUT2D eigenvalue weighted by atomic mass is 16.5. The summed E-state index contributed by atoms with van der Waals surface area (Å²) in [5.41, 5.74) is 0.467. The van der Waals surface area contributed by atoms with Crippen molar-refractivity contribution < 1.29 is 9.53 Å². The molecule has 0 aromatic heterocycles. The zero-order chi connectivity index (χ0) is 14.6. The molecule has 0 heterocycles. The Hall–Kier alpha value is -1.51. The average molecular weight is 275 g/mol. The Labute approximate surface area is 121 Å². The Morgan fingerprint density at radius 1 is 1.35 bits per heavy atom. The van der Waals surface area contributed by atoms with Gasteiger partial charge in [0.25, 0.3) is 0 Å². The van der Waals surface area contributed by atoms with E-state index in [0.717, 1.165) is 30.7 Å². The Morgan fingerprint density at radius 3 is 2.70 bits per heavy atom. The Balaban J connectivity index is 2.00. The van der Waals surface area contributed by atoms with Gasteiger partial charge in [-0.3, -0.25) is 4.79 Å². The van der Waals surface area contributed by atoms with Crippen molar-refractivity contribution in [2.75, 3.05) is 5.32 Å². The molecule has 20 heavy (non-hydrogen) atoms. The number of nitrogens with one attached hydrogen (secondary N) is 1. The minimum atomic E-state index is -0.345. The highest BCUT2D eigenvalue weighted by Crippen LogP contribution is 2.27. The van der Waals surface area contributed by atoms with Gasteiger partial charge in [0.2, 0.25) is 5.91 Å². The van der Waals surface area contributed by atoms with E-state index in [0.29, 0.717) is 6.10 Å². The molecule has 1 fully saturated rings. The van der Waals surface area contributed by atoms with E-state index in [1.54, 1.807) is 0 Å². The summed E-state index contributed by atoms with van der Waals surface area (Å²) in [5.74, 6) is 0.905. The molecule has 110 valence electrons. The van der Waals surface area contributed by atoms with Crippen LogP contribution in [0.5, 0.6) is 5.75 Å². The van der Waals surface area contributed by atoms with E-state index in [1.807, 2.05) is 45.0 Å². The molecule has 1 amide bonds. The Morgan fingerprint density at radius 2 is 2.05 bits per heavy atom. The van der Waals surface area contributed by atoms with Crippen molar-refractivity contribution in [3.63, 3.8) is 0 Å². The summed E-state index contributed by atoms with van der Waals surface area (Å²) in [7, 11) is 0. The van der Waals surface area contributed by atoms with E-state index in [1.165, 1.54) is 12.8 Å². The van der Waals surface area contributed by atoms with Gasteiger partial charge in [-0.25, -0.2) is 0 Å². The molecule has 1 N–H and O–H groups in total. The fourth-order valence-electron chi connectivity index (χ4n) is 2.31. The number of hydrogen-bond donors (Lipinski definition) is 1. The van der Waals surface area contributed by atoms with Gasteiger partial charge in [-0.2, -0.15) is 0 Å². The summed E-state index contributed by atoms with van der Waals surface area (Å²) in [6.07, 6.45) is 5.95. The molecule has 0 radical (unpaired) electrons. The SMILES string of the molecule is CCC(C)(C)C(=O)Nc1cccc(OC2CCCC2)c1. The van der Waals surface area contributed by atoms with Crippen LogP contribution in [0.4, 0.5) is 5.69 Å². The highest BCUT2D eigenvalue weighted by molar-refractivity contribution is 5.94. The van der Waals surface area contributed by atoms with E-state index in [-0.39, 0.29) is 11.3 Å². The summed E-state index contributed by atoms with van der Waals surface area (Å²) in [6.45, 7) is 5.95. The second-order valence-corrected chi connectivity index (χ2v) is 6.24. The van der Waals surface area contributed by atoms with Crippen LogP contribution in [0.1, 0.15) is 52.9 Å². The van der Waals surface area contributed by atoms with Crippen molar-refractivity contribution >= 4 is 11.6 Å². The van der Waals surface area contributed by atoms with Gasteiger partial charge >= 0.3 is 0 Å². The van der Waals surface area contributed by atoms with Crippen LogP contribution in [0.3, 0.4) is 0 Å². The van der Waals surface area contributed by atoms with Gasteiger partial charge in [0.05, 0.1) is 6.10 Å². The second kappa shape index (κ2) is 6.29. The summed E-state index contributed by atoms with van der Waals surface area (Å²) in [5, 5.41) is 2.98. The summed E-state index contributed by atoms with van der Waals surface area (Å²) >= 11 is 0. The number of ether oxygens (including phenoxy) is 1. The molecule has 0 aliphatic heterocycles. The third-order valence-electron chi connectivity index (χ3n) is 4.20. The van der Waals surface area contributed by atoms with Gasteiger partial charge in [0.1, 0.15) is 5.75 Å². The molecule has 2 rings (SSSR count). The molecular weight excluding hydrogens is 250 g/mol. The molecule has 3 heteroatoms. The van der Waals surface area contributed by atoms with Crippen LogP contribution < -0.4 is 10.1 Å². The third kappa shape index (κ3) is 3.75. The van der Waals surface area contributed by atoms with Crippen LogP contribution in [0.25, 0.3) is 0 Å². The van der Waals surface area contributed by atoms with Gasteiger partial charge in [0, 0.05) is 17.2 Å². The van der Waals surface area contributed by atoms with E-state index >= 15 is 0 Å². The molecule has 1 aliphatic carbocycles. The van der Waals surface area contributed by atoms with Crippen LogP contribution in [0.15, 0.2) is 24.3 Å². The lowest BCUT2D eigenvalue weighted by atomic mass is 9.89. The maximum atomic E-state index is 12.2.